The summed E-state index contributed by atoms with van der Waals surface area (Å²) in [7, 11) is 0. The molecule has 1 aromatic rings. The van der Waals surface area contributed by atoms with Gasteiger partial charge in [0.2, 0.25) is 0 Å². The van der Waals surface area contributed by atoms with E-state index in [1.807, 2.05) is 12.1 Å². The first kappa shape index (κ1) is 14.0. The fourth-order valence-electron chi connectivity index (χ4n) is 2.49. The molecule has 1 N–H and O–H groups in total. The first-order chi connectivity index (χ1) is 8.63. The second-order valence-corrected chi connectivity index (χ2v) is 5.66. The summed E-state index contributed by atoms with van der Waals surface area (Å²) >= 11 is 3.25. The molecule has 3 unspecified atom stereocenters. The van der Waals surface area contributed by atoms with E-state index in [4.69, 9.17) is 4.74 Å². The predicted molar refractivity (Wildman–Crippen MR) is 74.0 cm³/mol. The Labute approximate surface area is 116 Å². The molecule has 100 valence electrons. The van der Waals surface area contributed by atoms with Gasteiger partial charge in [-0.25, -0.2) is 4.39 Å². The minimum absolute atomic E-state index is 0.129. The van der Waals surface area contributed by atoms with Crippen molar-refractivity contribution in [2.24, 2.45) is 5.92 Å². The number of likely N-dealkylation sites (N-methyl/N-ethyl adjacent to an activating group) is 1. The molecule has 0 spiro atoms. The quantitative estimate of drug-likeness (QED) is 0.915. The molecule has 0 amide bonds. The van der Waals surface area contributed by atoms with Gasteiger partial charge in [0.1, 0.15) is 5.82 Å². The SMILES string of the molecule is CCNC(c1ccc(F)c(Br)c1)C1OCCC1C. The monoisotopic (exact) mass is 315 g/mol. The van der Waals surface area contributed by atoms with Crippen molar-refractivity contribution >= 4 is 15.9 Å². The lowest BCUT2D eigenvalue weighted by Gasteiger charge is -2.27. The summed E-state index contributed by atoms with van der Waals surface area (Å²) in [4.78, 5) is 0. The second-order valence-electron chi connectivity index (χ2n) is 4.81. The maximum Gasteiger partial charge on any atom is 0.137 e. The third-order valence-corrected chi connectivity index (χ3v) is 4.11. The lowest BCUT2D eigenvalue weighted by Crippen LogP contribution is -2.34. The number of nitrogens with one attached hydrogen (secondary N) is 1. The average molecular weight is 316 g/mol. The maximum atomic E-state index is 13.3. The number of benzene rings is 1. The molecule has 0 bridgehead atoms. The summed E-state index contributed by atoms with van der Waals surface area (Å²) in [5.74, 6) is 0.298. The van der Waals surface area contributed by atoms with Crippen LogP contribution in [0.25, 0.3) is 0 Å². The van der Waals surface area contributed by atoms with Gasteiger partial charge in [0.25, 0.3) is 0 Å². The van der Waals surface area contributed by atoms with Crippen molar-refractivity contribution in [1.29, 1.82) is 0 Å². The average Bonchev–Trinajstić information content (AvgIpc) is 2.76. The van der Waals surface area contributed by atoms with Crippen LogP contribution in [0.3, 0.4) is 0 Å². The lowest BCUT2D eigenvalue weighted by molar-refractivity contribution is 0.0612. The number of halogens is 2. The summed E-state index contributed by atoms with van der Waals surface area (Å²) in [5, 5.41) is 3.45. The summed E-state index contributed by atoms with van der Waals surface area (Å²) in [6, 6.07) is 5.31. The third-order valence-electron chi connectivity index (χ3n) is 3.50. The zero-order valence-electron chi connectivity index (χ0n) is 10.7. The van der Waals surface area contributed by atoms with Crippen LogP contribution in [-0.4, -0.2) is 19.3 Å². The number of hydrogen-bond donors (Lipinski definition) is 1. The smallest absolute Gasteiger partial charge is 0.137 e. The highest BCUT2D eigenvalue weighted by Crippen LogP contribution is 2.32. The van der Waals surface area contributed by atoms with Gasteiger partial charge in [0.15, 0.2) is 0 Å². The molecule has 3 atom stereocenters. The summed E-state index contributed by atoms with van der Waals surface area (Å²) in [5.41, 5.74) is 1.07. The second kappa shape index (κ2) is 6.13. The van der Waals surface area contributed by atoms with E-state index in [0.717, 1.165) is 25.1 Å². The van der Waals surface area contributed by atoms with Gasteiger partial charge in [-0.2, -0.15) is 0 Å². The highest BCUT2D eigenvalue weighted by Gasteiger charge is 2.32. The molecular weight excluding hydrogens is 297 g/mol. The van der Waals surface area contributed by atoms with E-state index in [1.54, 1.807) is 0 Å². The van der Waals surface area contributed by atoms with Crippen molar-refractivity contribution < 1.29 is 9.13 Å². The number of rotatable bonds is 4. The molecule has 1 aliphatic rings. The van der Waals surface area contributed by atoms with Crippen LogP contribution in [0.1, 0.15) is 31.9 Å². The van der Waals surface area contributed by atoms with Gasteiger partial charge in [-0.05, 0) is 52.5 Å². The largest absolute Gasteiger partial charge is 0.376 e. The van der Waals surface area contributed by atoms with Gasteiger partial charge in [0.05, 0.1) is 16.6 Å². The van der Waals surface area contributed by atoms with Crippen LogP contribution in [0.2, 0.25) is 0 Å². The highest BCUT2D eigenvalue weighted by molar-refractivity contribution is 9.10. The van der Waals surface area contributed by atoms with E-state index >= 15 is 0 Å². The fraction of sp³-hybridized carbons (Fsp3) is 0.571. The van der Waals surface area contributed by atoms with E-state index in [9.17, 15) is 4.39 Å². The third kappa shape index (κ3) is 2.92. The standard InChI is InChI=1S/C14H19BrFNO/c1-3-17-13(14-9(2)6-7-18-14)10-4-5-12(16)11(15)8-10/h4-5,8-9,13-14,17H,3,6-7H2,1-2H3. The van der Waals surface area contributed by atoms with Crippen molar-refractivity contribution in [3.63, 3.8) is 0 Å². The molecule has 1 saturated heterocycles. The Morgan fingerprint density at radius 2 is 2.33 bits per heavy atom. The van der Waals surface area contributed by atoms with E-state index in [1.165, 1.54) is 6.07 Å². The molecule has 0 saturated carbocycles. The van der Waals surface area contributed by atoms with Crippen LogP contribution in [-0.2, 0) is 4.74 Å². The Morgan fingerprint density at radius 1 is 1.56 bits per heavy atom. The van der Waals surface area contributed by atoms with Crippen molar-refractivity contribution in [2.75, 3.05) is 13.2 Å². The van der Waals surface area contributed by atoms with Crippen molar-refractivity contribution in [3.05, 3.63) is 34.1 Å². The molecule has 1 aliphatic heterocycles. The minimum atomic E-state index is -0.227. The van der Waals surface area contributed by atoms with Crippen LogP contribution in [0.5, 0.6) is 0 Å². The molecule has 0 aliphatic carbocycles. The zero-order valence-corrected chi connectivity index (χ0v) is 12.3. The Morgan fingerprint density at radius 3 is 2.89 bits per heavy atom. The normalized spacial score (nSPS) is 25.3. The van der Waals surface area contributed by atoms with Crippen LogP contribution >= 0.6 is 15.9 Å². The number of ether oxygens (including phenoxy) is 1. The van der Waals surface area contributed by atoms with Gasteiger partial charge >= 0.3 is 0 Å². The van der Waals surface area contributed by atoms with Crippen LogP contribution < -0.4 is 5.32 Å². The van der Waals surface area contributed by atoms with E-state index < -0.39 is 0 Å². The Hall–Kier alpha value is -0.450. The van der Waals surface area contributed by atoms with Crippen molar-refractivity contribution in [1.82, 2.24) is 5.32 Å². The van der Waals surface area contributed by atoms with Crippen LogP contribution in [0, 0.1) is 11.7 Å². The molecule has 4 heteroatoms. The minimum Gasteiger partial charge on any atom is -0.376 e. The van der Waals surface area contributed by atoms with E-state index in [0.29, 0.717) is 10.4 Å². The first-order valence-corrected chi connectivity index (χ1v) is 7.22. The van der Waals surface area contributed by atoms with Gasteiger partial charge in [-0.3, -0.25) is 0 Å². The Balaban J connectivity index is 2.25. The molecule has 1 aromatic carbocycles. The molecule has 2 nitrogen and oxygen atoms in total. The first-order valence-electron chi connectivity index (χ1n) is 6.43. The van der Waals surface area contributed by atoms with Gasteiger partial charge in [-0.1, -0.05) is 19.9 Å². The van der Waals surface area contributed by atoms with E-state index in [2.05, 4.69) is 35.1 Å². The molecular formula is C14H19BrFNO. The van der Waals surface area contributed by atoms with Crippen LogP contribution in [0.15, 0.2) is 22.7 Å². The summed E-state index contributed by atoms with van der Waals surface area (Å²) < 4.78 is 19.6. The topological polar surface area (TPSA) is 21.3 Å². The fourth-order valence-corrected chi connectivity index (χ4v) is 2.89. The van der Waals surface area contributed by atoms with Crippen LogP contribution in [0.4, 0.5) is 4.39 Å². The molecule has 1 heterocycles. The number of hydrogen-bond acceptors (Lipinski definition) is 2. The van der Waals surface area contributed by atoms with Gasteiger partial charge in [0, 0.05) is 6.61 Å². The van der Waals surface area contributed by atoms with E-state index in [-0.39, 0.29) is 18.0 Å². The molecule has 0 aromatic heterocycles. The Bertz CT molecular complexity index is 413. The van der Waals surface area contributed by atoms with Crippen molar-refractivity contribution in [3.8, 4) is 0 Å². The summed E-state index contributed by atoms with van der Waals surface area (Å²) in [6.45, 7) is 5.97. The van der Waals surface area contributed by atoms with Gasteiger partial charge < -0.3 is 10.1 Å². The Kier molecular flexibility index (Phi) is 4.76. The molecule has 0 radical (unpaired) electrons. The molecule has 1 fully saturated rings. The zero-order chi connectivity index (χ0) is 13.1. The van der Waals surface area contributed by atoms with Gasteiger partial charge in [-0.15, -0.1) is 0 Å². The summed E-state index contributed by atoms with van der Waals surface area (Å²) in [6.07, 6.45) is 1.26. The predicted octanol–water partition coefficient (Wildman–Crippen LogP) is 3.66. The lowest BCUT2D eigenvalue weighted by atomic mass is 9.92. The highest BCUT2D eigenvalue weighted by atomic mass is 79.9. The van der Waals surface area contributed by atoms with Crippen molar-refractivity contribution in [2.45, 2.75) is 32.4 Å². The molecule has 2 rings (SSSR count). The molecule has 18 heavy (non-hydrogen) atoms. The maximum absolute atomic E-state index is 13.3.